The summed E-state index contributed by atoms with van der Waals surface area (Å²) in [5.41, 5.74) is 3.06. The molecule has 1 aliphatic rings. The molecule has 1 aromatic heterocycles. The summed E-state index contributed by atoms with van der Waals surface area (Å²) in [5.74, 6) is 0.224. The Morgan fingerprint density at radius 2 is 1.93 bits per heavy atom. The number of carbonyl (C=O) groups excluding carboxylic acids is 1. The smallest absolute Gasteiger partial charge is 0.294 e. The Labute approximate surface area is 169 Å². The van der Waals surface area contributed by atoms with Gasteiger partial charge in [0.1, 0.15) is 11.5 Å². The molecule has 150 valence electrons. The number of aromatic nitrogens is 1. The van der Waals surface area contributed by atoms with E-state index in [0.717, 1.165) is 31.2 Å². The molecule has 1 N–H and O–H groups in total. The average Bonchev–Trinajstić information content (AvgIpc) is 3.21. The van der Waals surface area contributed by atoms with E-state index in [1.165, 1.54) is 30.5 Å². The number of anilines is 1. The maximum atomic E-state index is 13.1. The number of halogens is 1. The predicted octanol–water partition coefficient (Wildman–Crippen LogP) is 4.96. The first-order chi connectivity index (χ1) is 14.1. The van der Waals surface area contributed by atoms with Crippen LogP contribution in [0.15, 0.2) is 59.1 Å². The van der Waals surface area contributed by atoms with Crippen LogP contribution in [0.4, 0.5) is 10.1 Å². The number of amides is 1. The fraction of sp³-hybridized carbons (Fsp3) is 0.304. The lowest BCUT2D eigenvalue weighted by atomic mass is 9.99. The molecule has 0 spiro atoms. The molecule has 29 heavy (non-hydrogen) atoms. The van der Waals surface area contributed by atoms with Gasteiger partial charge in [-0.05, 0) is 73.8 Å². The molecule has 1 fully saturated rings. The predicted molar refractivity (Wildman–Crippen MR) is 110 cm³/mol. The Balaban J connectivity index is 1.40. The maximum absolute atomic E-state index is 13.1. The van der Waals surface area contributed by atoms with E-state index in [-0.39, 0.29) is 17.5 Å². The number of rotatable bonds is 5. The molecule has 0 atom stereocenters. The molecule has 0 radical (unpaired) electrons. The van der Waals surface area contributed by atoms with Crippen molar-refractivity contribution in [2.75, 3.05) is 18.4 Å². The quantitative estimate of drug-likeness (QED) is 0.665. The fourth-order valence-corrected chi connectivity index (χ4v) is 3.56. The van der Waals surface area contributed by atoms with Crippen LogP contribution in [0.5, 0.6) is 0 Å². The molecule has 0 aliphatic carbocycles. The van der Waals surface area contributed by atoms with Crippen LogP contribution < -0.4 is 5.32 Å². The van der Waals surface area contributed by atoms with Crippen LogP contribution in [0.3, 0.4) is 0 Å². The molecule has 0 unspecified atom stereocenters. The Bertz CT molecular complexity index is 976. The van der Waals surface area contributed by atoms with Crippen molar-refractivity contribution < 1.29 is 13.7 Å². The monoisotopic (exact) mass is 393 g/mol. The van der Waals surface area contributed by atoms with E-state index >= 15 is 0 Å². The highest BCUT2D eigenvalue weighted by atomic mass is 19.1. The van der Waals surface area contributed by atoms with Gasteiger partial charge in [0, 0.05) is 23.9 Å². The summed E-state index contributed by atoms with van der Waals surface area (Å²) in [6.45, 7) is 5.41. The Morgan fingerprint density at radius 3 is 2.69 bits per heavy atom. The zero-order valence-corrected chi connectivity index (χ0v) is 16.4. The normalized spacial score (nSPS) is 15.4. The van der Waals surface area contributed by atoms with Crippen molar-refractivity contribution in [2.24, 2.45) is 5.92 Å². The summed E-state index contributed by atoms with van der Waals surface area (Å²) in [6, 6.07) is 15.3. The van der Waals surface area contributed by atoms with Crippen LogP contribution in [-0.4, -0.2) is 29.1 Å². The Hall–Kier alpha value is -2.99. The number of hydrogen-bond acceptors (Lipinski definition) is 4. The highest BCUT2D eigenvalue weighted by Gasteiger charge is 2.17. The van der Waals surface area contributed by atoms with Crippen molar-refractivity contribution in [2.45, 2.75) is 26.3 Å². The Kier molecular flexibility index (Phi) is 5.71. The highest BCUT2D eigenvalue weighted by Crippen LogP contribution is 2.22. The van der Waals surface area contributed by atoms with Crippen LogP contribution in [-0.2, 0) is 6.54 Å². The van der Waals surface area contributed by atoms with Crippen molar-refractivity contribution in [3.8, 4) is 11.3 Å². The lowest BCUT2D eigenvalue weighted by Gasteiger charge is -2.30. The molecule has 3 aromatic rings. The van der Waals surface area contributed by atoms with Gasteiger partial charge in [-0.3, -0.25) is 9.69 Å². The minimum absolute atomic E-state index is 0.111. The molecule has 4 rings (SSSR count). The number of carbonyl (C=O) groups is 1. The zero-order chi connectivity index (χ0) is 20.2. The Morgan fingerprint density at radius 1 is 1.17 bits per heavy atom. The first-order valence-corrected chi connectivity index (χ1v) is 9.92. The minimum atomic E-state index is -0.366. The molecule has 2 heterocycles. The molecule has 0 bridgehead atoms. The molecule has 0 saturated carbocycles. The van der Waals surface area contributed by atoms with Crippen molar-refractivity contribution >= 4 is 11.6 Å². The summed E-state index contributed by atoms with van der Waals surface area (Å²) in [6.07, 6.45) is 2.47. The minimum Gasteiger partial charge on any atom is -0.350 e. The first kappa shape index (κ1) is 19.3. The van der Waals surface area contributed by atoms with Crippen molar-refractivity contribution in [1.29, 1.82) is 0 Å². The van der Waals surface area contributed by atoms with Gasteiger partial charge in [0.15, 0.2) is 0 Å². The lowest BCUT2D eigenvalue weighted by Crippen LogP contribution is -2.32. The molecule has 1 amide bonds. The van der Waals surface area contributed by atoms with Crippen LogP contribution in [0.25, 0.3) is 11.3 Å². The van der Waals surface area contributed by atoms with E-state index < -0.39 is 0 Å². The third-order valence-corrected chi connectivity index (χ3v) is 5.34. The zero-order valence-electron chi connectivity index (χ0n) is 16.4. The van der Waals surface area contributed by atoms with Gasteiger partial charge >= 0.3 is 0 Å². The van der Waals surface area contributed by atoms with Crippen LogP contribution in [0.1, 0.15) is 35.9 Å². The molecule has 2 aromatic carbocycles. The maximum Gasteiger partial charge on any atom is 0.294 e. The van der Waals surface area contributed by atoms with Crippen LogP contribution in [0, 0.1) is 11.7 Å². The van der Waals surface area contributed by atoms with E-state index in [4.69, 9.17) is 4.52 Å². The van der Waals surface area contributed by atoms with Crippen molar-refractivity contribution in [3.05, 3.63) is 71.7 Å². The molecule has 5 nitrogen and oxygen atoms in total. The van der Waals surface area contributed by atoms with Gasteiger partial charge in [0.2, 0.25) is 5.76 Å². The number of nitrogens with zero attached hydrogens (tertiary/aromatic N) is 2. The molecular formula is C23H24FN3O2. The van der Waals surface area contributed by atoms with Gasteiger partial charge in [0.05, 0.1) is 0 Å². The topological polar surface area (TPSA) is 58.4 Å². The van der Waals surface area contributed by atoms with Gasteiger partial charge in [-0.2, -0.15) is 0 Å². The van der Waals surface area contributed by atoms with E-state index in [0.29, 0.717) is 11.3 Å². The SMILES string of the molecule is CC1CCN(Cc2cccc(NC(=O)c3cc(-c4ccc(F)cc4)no3)c2)CC1. The lowest BCUT2D eigenvalue weighted by molar-refractivity contribution is 0.0988. The summed E-state index contributed by atoms with van der Waals surface area (Å²) >= 11 is 0. The van der Waals surface area contributed by atoms with Crippen LogP contribution >= 0.6 is 0 Å². The fourth-order valence-electron chi connectivity index (χ4n) is 3.56. The third-order valence-electron chi connectivity index (χ3n) is 5.34. The van der Waals surface area contributed by atoms with Crippen molar-refractivity contribution in [1.82, 2.24) is 10.1 Å². The number of piperidine rings is 1. The van der Waals surface area contributed by atoms with Gasteiger partial charge < -0.3 is 9.84 Å². The van der Waals surface area contributed by atoms with Gasteiger partial charge in [-0.25, -0.2) is 4.39 Å². The second-order valence-corrected chi connectivity index (χ2v) is 7.70. The number of benzene rings is 2. The number of likely N-dealkylation sites (tertiary alicyclic amines) is 1. The van der Waals surface area contributed by atoms with Crippen molar-refractivity contribution in [3.63, 3.8) is 0 Å². The summed E-state index contributed by atoms with van der Waals surface area (Å²) < 4.78 is 18.2. The standard InChI is InChI=1S/C23H24FN3O2/c1-16-9-11-27(12-10-16)15-17-3-2-4-20(13-17)25-23(28)22-14-21(26-29-22)18-5-7-19(24)8-6-18/h2-8,13-14,16H,9-12,15H2,1H3,(H,25,28). The van der Waals surface area contributed by atoms with E-state index in [2.05, 4.69) is 28.4 Å². The largest absolute Gasteiger partial charge is 0.350 e. The molecule has 6 heteroatoms. The second kappa shape index (κ2) is 8.57. The van der Waals surface area contributed by atoms with Crippen LogP contribution in [0.2, 0.25) is 0 Å². The number of nitrogens with one attached hydrogen (secondary N) is 1. The van der Waals surface area contributed by atoms with E-state index in [1.807, 2.05) is 18.2 Å². The highest BCUT2D eigenvalue weighted by molar-refractivity contribution is 6.02. The summed E-state index contributed by atoms with van der Waals surface area (Å²) in [7, 11) is 0. The average molecular weight is 393 g/mol. The van der Waals surface area contributed by atoms with Gasteiger partial charge in [0.25, 0.3) is 5.91 Å². The number of hydrogen-bond donors (Lipinski definition) is 1. The summed E-state index contributed by atoms with van der Waals surface area (Å²) in [5, 5.41) is 6.78. The molecular weight excluding hydrogens is 369 g/mol. The second-order valence-electron chi connectivity index (χ2n) is 7.70. The van der Waals surface area contributed by atoms with Gasteiger partial charge in [-0.15, -0.1) is 0 Å². The van der Waals surface area contributed by atoms with Gasteiger partial charge in [-0.1, -0.05) is 24.2 Å². The third kappa shape index (κ3) is 4.90. The van der Waals surface area contributed by atoms with E-state index in [1.54, 1.807) is 18.2 Å². The molecule has 1 saturated heterocycles. The first-order valence-electron chi connectivity index (χ1n) is 9.92. The van der Waals surface area contributed by atoms with E-state index in [9.17, 15) is 9.18 Å². The molecule has 1 aliphatic heterocycles. The summed E-state index contributed by atoms with van der Waals surface area (Å²) in [4.78, 5) is 15.0.